The normalized spacial score (nSPS) is 18.9. The molecule has 1 aliphatic rings. The summed E-state index contributed by atoms with van der Waals surface area (Å²) in [6.45, 7) is 0.577. The Hall–Kier alpha value is -0.950. The van der Waals surface area contributed by atoms with E-state index >= 15 is 0 Å². The minimum absolute atomic E-state index is 0.238. The molecule has 1 saturated heterocycles. The number of benzene rings is 1. The molecule has 1 atom stereocenters. The van der Waals surface area contributed by atoms with Crippen LogP contribution in [0.1, 0.15) is 0 Å². The minimum Gasteiger partial charge on any atom is -0.337 e. The molecule has 3 nitrogen and oxygen atoms in total. The SMILES string of the molecule is O=C(NC[C@@H]1CSCCS1)Nc1ccc(F)c(F)c1. The number of carbonyl (C=O) groups is 1. The maximum atomic E-state index is 13.0. The Morgan fingerprint density at radius 3 is 2.84 bits per heavy atom. The molecule has 1 aromatic rings. The van der Waals surface area contributed by atoms with E-state index in [1.807, 2.05) is 23.5 Å². The van der Waals surface area contributed by atoms with Crippen molar-refractivity contribution in [2.24, 2.45) is 0 Å². The first kappa shape index (κ1) is 14.5. The highest BCUT2D eigenvalue weighted by Gasteiger charge is 2.15. The lowest BCUT2D eigenvalue weighted by Gasteiger charge is -2.21. The van der Waals surface area contributed by atoms with Crippen LogP contribution in [0.3, 0.4) is 0 Å². The first-order valence-electron chi connectivity index (χ1n) is 5.84. The van der Waals surface area contributed by atoms with Gasteiger partial charge in [-0.25, -0.2) is 13.6 Å². The highest BCUT2D eigenvalue weighted by molar-refractivity contribution is 8.06. The predicted molar refractivity (Wildman–Crippen MR) is 77.0 cm³/mol. The molecule has 0 saturated carbocycles. The van der Waals surface area contributed by atoms with Crippen LogP contribution in [0.25, 0.3) is 0 Å². The van der Waals surface area contributed by atoms with Gasteiger partial charge in [0.1, 0.15) is 0 Å². The van der Waals surface area contributed by atoms with Gasteiger partial charge in [-0.2, -0.15) is 23.5 Å². The van der Waals surface area contributed by atoms with Gasteiger partial charge in [0.2, 0.25) is 0 Å². The van der Waals surface area contributed by atoms with Gasteiger partial charge in [-0.3, -0.25) is 0 Å². The number of nitrogens with one attached hydrogen (secondary N) is 2. The van der Waals surface area contributed by atoms with Gasteiger partial charge >= 0.3 is 6.03 Å². The van der Waals surface area contributed by atoms with Crippen LogP contribution in [-0.2, 0) is 0 Å². The third-order valence-corrected chi connectivity index (χ3v) is 5.40. The van der Waals surface area contributed by atoms with Gasteiger partial charge in [0, 0.05) is 40.8 Å². The molecular weight excluding hydrogens is 290 g/mol. The molecule has 0 aliphatic carbocycles. The minimum atomic E-state index is -0.975. The molecule has 1 heterocycles. The van der Waals surface area contributed by atoms with E-state index in [2.05, 4.69) is 10.6 Å². The van der Waals surface area contributed by atoms with Crippen molar-refractivity contribution in [1.82, 2.24) is 5.32 Å². The monoisotopic (exact) mass is 304 g/mol. The van der Waals surface area contributed by atoms with Crippen LogP contribution in [0, 0.1) is 11.6 Å². The summed E-state index contributed by atoms with van der Waals surface area (Å²) in [4.78, 5) is 11.6. The van der Waals surface area contributed by atoms with E-state index in [0.29, 0.717) is 11.8 Å². The maximum Gasteiger partial charge on any atom is 0.319 e. The van der Waals surface area contributed by atoms with E-state index in [0.717, 1.165) is 29.4 Å². The summed E-state index contributed by atoms with van der Waals surface area (Å²) in [6, 6.07) is 2.87. The van der Waals surface area contributed by atoms with Crippen LogP contribution >= 0.6 is 23.5 Å². The third kappa shape index (κ3) is 4.58. The van der Waals surface area contributed by atoms with Gasteiger partial charge in [-0.05, 0) is 12.1 Å². The average molecular weight is 304 g/mol. The number of carbonyl (C=O) groups excluding carboxylic acids is 1. The summed E-state index contributed by atoms with van der Waals surface area (Å²) in [6.07, 6.45) is 0. The van der Waals surface area contributed by atoms with Crippen molar-refractivity contribution >= 4 is 35.2 Å². The third-order valence-electron chi connectivity index (χ3n) is 2.55. The first-order valence-corrected chi connectivity index (χ1v) is 8.05. The Morgan fingerprint density at radius 2 is 2.16 bits per heavy atom. The summed E-state index contributed by atoms with van der Waals surface area (Å²) < 4.78 is 25.7. The van der Waals surface area contributed by atoms with Gasteiger partial charge < -0.3 is 10.6 Å². The fourth-order valence-electron chi connectivity index (χ4n) is 1.61. The number of urea groups is 1. The smallest absolute Gasteiger partial charge is 0.319 e. The standard InChI is InChI=1S/C12H14F2N2OS2/c13-10-2-1-8(5-11(10)14)16-12(17)15-6-9-7-18-3-4-19-9/h1-2,5,9H,3-4,6-7H2,(H2,15,16,17)/t9-/m1/s1. The van der Waals surface area contributed by atoms with Gasteiger partial charge in [-0.15, -0.1) is 0 Å². The molecule has 1 fully saturated rings. The topological polar surface area (TPSA) is 41.1 Å². The summed E-state index contributed by atoms with van der Waals surface area (Å²) in [5.74, 6) is 1.37. The number of rotatable bonds is 3. The van der Waals surface area contributed by atoms with Crippen molar-refractivity contribution in [2.45, 2.75) is 5.25 Å². The summed E-state index contributed by atoms with van der Waals surface area (Å²) in [5.41, 5.74) is 0.238. The molecule has 2 rings (SSSR count). The molecule has 1 aromatic carbocycles. The molecule has 2 amide bonds. The summed E-state index contributed by atoms with van der Waals surface area (Å²) >= 11 is 3.72. The fraction of sp³-hybridized carbons (Fsp3) is 0.417. The number of hydrogen-bond acceptors (Lipinski definition) is 3. The van der Waals surface area contributed by atoms with Gasteiger partial charge in [-0.1, -0.05) is 0 Å². The van der Waals surface area contributed by atoms with E-state index in [4.69, 9.17) is 0 Å². The Balaban J connectivity index is 1.78. The lowest BCUT2D eigenvalue weighted by molar-refractivity contribution is 0.252. The second-order valence-electron chi connectivity index (χ2n) is 4.03. The van der Waals surface area contributed by atoms with E-state index < -0.39 is 17.7 Å². The molecule has 19 heavy (non-hydrogen) atoms. The largest absolute Gasteiger partial charge is 0.337 e. The van der Waals surface area contributed by atoms with E-state index in [1.54, 1.807) is 0 Å². The quantitative estimate of drug-likeness (QED) is 0.902. The van der Waals surface area contributed by atoms with Crippen LogP contribution in [0.2, 0.25) is 0 Å². The van der Waals surface area contributed by atoms with Gasteiger partial charge in [0.15, 0.2) is 11.6 Å². The van der Waals surface area contributed by atoms with Crippen LogP contribution in [0.15, 0.2) is 18.2 Å². The molecule has 2 N–H and O–H groups in total. The number of halogens is 2. The number of hydrogen-bond donors (Lipinski definition) is 2. The highest BCUT2D eigenvalue weighted by Crippen LogP contribution is 2.23. The lowest BCUT2D eigenvalue weighted by Crippen LogP contribution is -2.36. The zero-order valence-corrected chi connectivity index (χ0v) is 11.8. The van der Waals surface area contributed by atoms with E-state index in [-0.39, 0.29) is 5.69 Å². The molecule has 0 unspecified atom stereocenters. The number of thioether (sulfide) groups is 2. The summed E-state index contributed by atoms with van der Waals surface area (Å²) in [5, 5.41) is 5.62. The van der Waals surface area contributed by atoms with Gasteiger partial charge in [0.25, 0.3) is 0 Å². The highest BCUT2D eigenvalue weighted by atomic mass is 32.2. The molecule has 0 spiro atoms. The van der Waals surface area contributed by atoms with Crippen molar-refractivity contribution < 1.29 is 13.6 Å². The van der Waals surface area contributed by atoms with E-state index in [1.165, 1.54) is 6.07 Å². The van der Waals surface area contributed by atoms with E-state index in [9.17, 15) is 13.6 Å². The Kier molecular flexibility index (Phi) is 5.33. The van der Waals surface area contributed by atoms with Crippen molar-refractivity contribution in [3.8, 4) is 0 Å². The van der Waals surface area contributed by atoms with Crippen LogP contribution < -0.4 is 10.6 Å². The van der Waals surface area contributed by atoms with Crippen molar-refractivity contribution in [2.75, 3.05) is 29.1 Å². The maximum absolute atomic E-state index is 13.0. The molecule has 104 valence electrons. The molecular formula is C12H14F2N2OS2. The molecule has 0 radical (unpaired) electrons. The lowest BCUT2D eigenvalue weighted by atomic mass is 10.3. The van der Waals surface area contributed by atoms with Gasteiger partial charge in [0.05, 0.1) is 0 Å². The molecule has 1 aliphatic heterocycles. The second-order valence-corrected chi connectivity index (χ2v) is 6.59. The Morgan fingerprint density at radius 1 is 1.32 bits per heavy atom. The van der Waals surface area contributed by atoms with Crippen molar-refractivity contribution in [3.05, 3.63) is 29.8 Å². The zero-order valence-electron chi connectivity index (χ0n) is 10.1. The second kappa shape index (κ2) is 7.00. The van der Waals surface area contributed by atoms with Crippen LogP contribution in [0.4, 0.5) is 19.3 Å². The fourth-order valence-corrected chi connectivity index (χ4v) is 4.22. The zero-order chi connectivity index (χ0) is 13.7. The van der Waals surface area contributed by atoms with Crippen LogP contribution in [0.5, 0.6) is 0 Å². The van der Waals surface area contributed by atoms with Crippen LogP contribution in [-0.4, -0.2) is 35.1 Å². The Labute approximate surface area is 118 Å². The molecule has 0 bridgehead atoms. The first-order chi connectivity index (χ1) is 9.15. The predicted octanol–water partition coefficient (Wildman–Crippen LogP) is 2.93. The van der Waals surface area contributed by atoms with Crippen molar-refractivity contribution in [1.29, 1.82) is 0 Å². The average Bonchev–Trinajstić information content (AvgIpc) is 2.42. The Bertz CT molecular complexity index is 453. The molecule has 7 heteroatoms. The molecule has 0 aromatic heterocycles. The summed E-state index contributed by atoms with van der Waals surface area (Å²) in [7, 11) is 0. The van der Waals surface area contributed by atoms with Crippen molar-refractivity contribution in [3.63, 3.8) is 0 Å². The number of anilines is 1. The number of amides is 2.